The molecule has 1 aromatic carbocycles. The van der Waals surface area contributed by atoms with Gasteiger partial charge in [-0.25, -0.2) is 0 Å². The first-order chi connectivity index (χ1) is 6.65. The highest BCUT2D eigenvalue weighted by molar-refractivity contribution is 5.68. The van der Waals surface area contributed by atoms with E-state index in [2.05, 4.69) is 5.92 Å². The molecule has 0 aliphatic rings. The molecule has 0 aliphatic carbocycles. The minimum Gasteiger partial charge on any atom is -0.481 e. The lowest BCUT2D eigenvalue weighted by molar-refractivity contribution is -0.137. The third kappa shape index (κ3) is 2.35. The van der Waals surface area contributed by atoms with E-state index in [-0.39, 0.29) is 6.42 Å². The Hall–Kier alpha value is -1.79. The molecule has 72 valence electrons. The zero-order valence-corrected chi connectivity index (χ0v) is 7.60. The molecule has 0 saturated heterocycles. The van der Waals surface area contributed by atoms with Crippen molar-refractivity contribution in [2.24, 2.45) is 5.73 Å². The number of aliphatic carboxylic acids is 1. The van der Waals surface area contributed by atoms with E-state index in [9.17, 15) is 4.79 Å². The molecule has 0 saturated carbocycles. The Morgan fingerprint density at radius 1 is 1.57 bits per heavy atom. The van der Waals surface area contributed by atoms with Gasteiger partial charge < -0.3 is 10.8 Å². The highest BCUT2D eigenvalue weighted by Gasteiger charge is 2.12. The molecule has 0 heterocycles. The molecular weight excluding hydrogens is 178 g/mol. The summed E-state index contributed by atoms with van der Waals surface area (Å²) in [5, 5.41) is 8.58. The Bertz CT molecular complexity index is 379. The van der Waals surface area contributed by atoms with Gasteiger partial charge in [0.25, 0.3) is 0 Å². The van der Waals surface area contributed by atoms with Crippen LogP contribution in [0.1, 0.15) is 23.6 Å². The van der Waals surface area contributed by atoms with E-state index in [4.69, 9.17) is 17.3 Å². The first kappa shape index (κ1) is 10.3. The van der Waals surface area contributed by atoms with Gasteiger partial charge in [0.15, 0.2) is 0 Å². The van der Waals surface area contributed by atoms with Gasteiger partial charge >= 0.3 is 5.97 Å². The van der Waals surface area contributed by atoms with Crippen molar-refractivity contribution in [1.82, 2.24) is 0 Å². The summed E-state index contributed by atoms with van der Waals surface area (Å²) >= 11 is 0. The summed E-state index contributed by atoms with van der Waals surface area (Å²) in [5.41, 5.74) is 7.06. The van der Waals surface area contributed by atoms with Crippen LogP contribution in [0.5, 0.6) is 0 Å². The highest BCUT2D eigenvalue weighted by atomic mass is 16.4. The maximum Gasteiger partial charge on any atom is 0.305 e. The van der Waals surface area contributed by atoms with E-state index in [1.54, 1.807) is 24.3 Å². The van der Waals surface area contributed by atoms with Crippen LogP contribution >= 0.6 is 0 Å². The Morgan fingerprint density at radius 3 is 2.79 bits per heavy atom. The number of nitrogens with two attached hydrogens (primary N) is 1. The first-order valence-electron chi connectivity index (χ1n) is 4.18. The quantitative estimate of drug-likeness (QED) is 0.701. The van der Waals surface area contributed by atoms with Crippen molar-refractivity contribution in [2.75, 3.05) is 0 Å². The van der Waals surface area contributed by atoms with E-state index >= 15 is 0 Å². The Balaban J connectivity index is 2.95. The average Bonchev–Trinajstić information content (AvgIpc) is 2.16. The number of hydrogen-bond donors (Lipinski definition) is 2. The fraction of sp³-hybridized carbons (Fsp3) is 0.182. The largest absolute Gasteiger partial charge is 0.481 e. The van der Waals surface area contributed by atoms with Gasteiger partial charge in [-0.3, -0.25) is 4.79 Å². The van der Waals surface area contributed by atoms with Crippen LogP contribution in [0.3, 0.4) is 0 Å². The number of carboxylic acids is 1. The SMILES string of the molecule is C#Cc1ccccc1C(N)CC(=O)O. The lowest BCUT2D eigenvalue weighted by Crippen LogP contribution is -2.16. The van der Waals surface area contributed by atoms with E-state index < -0.39 is 12.0 Å². The number of hydrogen-bond acceptors (Lipinski definition) is 2. The van der Waals surface area contributed by atoms with Crippen LogP contribution in [0.15, 0.2) is 24.3 Å². The minimum absolute atomic E-state index is 0.112. The topological polar surface area (TPSA) is 63.3 Å². The third-order valence-corrected chi connectivity index (χ3v) is 1.91. The Kier molecular flexibility index (Phi) is 3.27. The molecule has 0 amide bonds. The molecule has 0 spiro atoms. The number of rotatable bonds is 3. The number of carboxylic acid groups (broad SMARTS) is 1. The number of benzene rings is 1. The molecule has 0 bridgehead atoms. The smallest absolute Gasteiger partial charge is 0.305 e. The summed E-state index contributed by atoms with van der Waals surface area (Å²) in [5.74, 6) is 1.55. The van der Waals surface area contributed by atoms with Crippen molar-refractivity contribution in [3.8, 4) is 12.3 Å². The highest BCUT2D eigenvalue weighted by Crippen LogP contribution is 2.17. The van der Waals surface area contributed by atoms with Crippen molar-refractivity contribution in [3.05, 3.63) is 35.4 Å². The third-order valence-electron chi connectivity index (χ3n) is 1.91. The van der Waals surface area contributed by atoms with E-state index in [1.807, 2.05) is 0 Å². The van der Waals surface area contributed by atoms with Gasteiger partial charge in [0.2, 0.25) is 0 Å². The Morgan fingerprint density at radius 2 is 2.21 bits per heavy atom. The second-order valence-electron chi connectivity index (χ2n) is 2.94. The van der Waals surface area contributed by atoms with Gasteiger partial charge in [0, 0.05) is 11.6 Å². The van der Waals surface area contributed by atoms with Crippen molar-refractivity contribution in [3.63, 3.8) is 0 Å². The molecule has 1 unspecified atom stereocenters. The van der Waals surface area contributed by atoms with Gasteiger partial charge in [0.1, 0.15) is 0 Å². The monoisotopic (exact) mass is 189 g/mol. The normalized spacial score (nSPS) is 11.7. The van der Waals surface area contributed by atoms with E-state index in [0.717, 1.165) is 0 Å². The van der Waals surface area contributed by atoms with Crippen LogP contribution in [-0.2, 0) is 4.79 Å². The standard InChI is InChI=1S/C11H11NO2/c1-2-8-5-3-4-6-9(8)10(12)7-11(13)14/h1,3-6,10H,7,12H2,(H,13,14). The summed E-state index contributed by atoms with van der Waals surface area (Å²) in [7, 11) is 0. The van der Waals surface area contributed by atoms with E-state index in [1.165, 1.54) is 0 Å². The van der Waals surface area contributed by atoms with Crippen molar-refractivity contribution >= 4 is 5.97 Å². The number of carbonyl (C=O) groups is 1. The predicted molar refractivity (Wildman–Crippen MR) is 53.6 cm³/mol. The number of terminal acetylenes is 1. The lowest BCUT2D eigenvalue weighted by atomic mass is 9.99. The average molecular weight is 189 g/mol. The molecule has 0 aliphatic heterocycles. The van der Waals surface area contributed by atoms with Crippen molar-refractivity contribution < 1.29 is 9.90 Å². The van der Waals surface area contributed by atoms with Gasteiger partial charge in [-0.1, -0.05) is 24.1 Å². The summed E-state index contributed by atoms with van der Waals surface area (Å²) in [6, 6.07) is 6.55. The molecule has 3 nitrogen and oxygen atoms in total. The molecule has 3 heteroatoms. The van der Waals surface area contributed by atoms with Crippen molar-refractivity contribution in [1.29, 1.82) is 0 Å². The van der Waals surface area contributed by atoms with Gasteiger partial charge in [-0.05, 0) is 11.6 Å². The van der Waals surface area contributed by atoms with Crippen molar-refractivity contribution in [2.45, 2.75) is 12.5 Å². The molecule has 1 atom stereocenters. The maximum atomic E-state index is 10.5. The molecule has 3 N–H and O–H groups in total. The molecule has 1 rings (SSSR count). The van der Waals surface area contributed by atoms with E-state index in [0.29, 0.717) is 11.1 Å². The minimum atomic E-state index is -0.927. The molecule has 0 radical (unpaired) electrons. The fourth-order valence-corrected chi connectivity index (χ4v) is 1.25. The lowest BCUT2D eigenvalue weighted by Gasteiger charge is -2.11. The van der Waals surface area contributed by atoms with Gasteiger partial charge in [0.05, 0.1) is 6.42 Å². The summed E-state index contributed by atoms with van der Waals surface area (Å²) in [6.45, 7) is 0. The molecule has 14 heavy (non-hydrogen) atoms. The fourth-order valence-electron chi connectivity index (χ4n) is 1.25. The van der Waals surface area contributed by atoms with Gasteiger partial charge in [-0.2, -0.15) is 0 Å². The second kappa shape index (κ2) is 4.45. The molecule has 1 aromatic rings. The van der Waals surface area contributed by atoms with Gasteiger partial charge in [-0.15, -0.1) is 6.42 Å². The summed E-state index contributed by atoms with van der Waals surface area (Å²) in [4.78, 5) is 10.5. The van der Waals surface area contributed by atoms with Crippen LogP contribution in [0.2, 0.25) is 0 Å². The molecule has 0 fully saturated rings. The molecular formula is C11H11NO2. The van der Waals surface area contributed by atoms with Crippen LogP contribution in [0.25, 0.3) is 0 Å². The van der Waals surface area contributed by atoms with Crippen LogP contribution in [-0.4, -0.2) is 11.1 Å². The maximum absolute atomic E-state index is 10.5. The van der Waals surface area contributed by atoms with Crippen LogP contribution in [0, 0.1) is 12.3 Å². The predicted octanol–water partition coefficient (Wildman–Crippen LogP) is 1.14. The Labute approximate surface area is 82.6 Å². The zero-order valence-electron chi connectivity index (χ0n) is 7.60. The summed E-state index contributed by atoms with van der Waals surface area (Å²) < 4.78 is 0. The first-order valence-corrected chi connectivity index (χ1v) is 4.18. The molecule has 0 aromatic heterocycles. The van der Waals surface area contributed by atoms with Crippen LogP contribution < -0.4 is 5.73 Å². The summed E-state index contributed by atoms with van der Waals surface area (Å²) in [6.07, 6.45) is 5.15. The second-order valence-corrected chi connectivity index (χ2v) is 2.94. The zero-order chi connectivity index (χ0) is 10.6. The van der Waals surface area contributed by atoms with Crippen LogP contribution in [0.4, 0.5) is 0 Å².